The van der Waals surface area contributed by atoms with Gasteiger partial charge in [0.15, 0.2) is 0 Å². The van der Waals surface area contributed by atoms with Gasteiger partial charge in [-0.15, -0.1) is 0 Å². The minimum absolute atomic E-state index is 0.0871. The van der Waals surface area contributed by atoms with Crippen LogP contribution in [0.5, 0.6) is 0 Å². The molecule has 0 spiro atoms. The van der Waals surface area contributed by atoms with Crippen molar-refractivity contribution in [2.24, 2.45) is 0 Å². The van der Waals surface area contributed by atoms with E-state index in [-0.39, 0.29) is 6.61 Å². The van der Waals surface area contributed by atoms with E-state index in [2.05, 4.69) is 15.6 Å². The Kier molecular flexibility index (Phi) is 7.09. The number of aliphatic hydroxyl groups excluding tert-OH is 1. The van der Waals surface area contributed by atoms with Gasteiger partial charge in [0, 0.05) is 37.6 Å². The summed E-state index contributed by atoms with van der Waals surface area (Å²) in [6.07, 6.45) is 2.70. The Balaban J connectivity index is 2.19. The van der Waals surface area contributed by atoms with Crippen LogP contribution in [0.2, 0.25) is 0 Å². The van der Waals surface area contributed by atoms with Crippen LogP contribution in [0, 0.1) is 0 Å². The Morgan fingerprint density at radius 3 is 3.00 bits per heavy atom. The largest absolute Gasteiger partial charge is 0.394 e. The van der Waals surface area contributed by atoms with Crippen LogP contribution in [0.15, 0.2) is 18.3 Å². The maximum atomic E-state index is 8.53. The third kappa shape index (κ3) is 6.09. The molecule has 1 rings (SSSR count). The normalized spacial score (nSPS) is 10.2. The molecule has 0 radical (unpaired) electrons. The predicted octanol–water partition coefficient (Wildman–Crippen LogP) is 1.32. The molecule has 0 aliphatic rings. The molecule has 0 saturated carbocycles. The van der Waals surface area contributed by atoms with Gasteiger partial charge in [-0.2, -0.15) is 0 Å². The third-order valence-corrected chi connectivity index (χ3v) is 2.15. The van der Waals surface area contributed by atoms with Gasteiger partial charge < -0.3 is 20.5 Å². The topological polar surface area (TPSA) is 66.4 Å². The lowest BCUT2D eigenvalue weighted by Crippen LogP contribution is -2.08. The fraction of sp³-hybridized carbons (Fsp3) is 0.583. The lowest BCUT2D eigenvalue weighted by atomic mass is 10.3. The summed E-state index contributed by atoms with van der Waals surface area (Å²) < 4.78 is 5.17. The second kappa shape index (κ2) is 8.78. The van der Waals surface area contributed by atoms with E-state index in [4.69, 9.17) is 9.84 Å². The molecule has 0 aliphatic heterocycles. The van der Waals surface area contributed by atoms with Crippen molar-refractivity contribution < 1.29 is 9.84 Å². The fourth-order valence-electron chi connectivity index (χ4n) is 1.39. The van der Waals surface area contributed by atoms with Gasteiger partial charge >= 0.3 is 0 Å². The Bertz CT molecular complexity index is 308. The molecule has 0 amide bonds. The number of aliphatic hydroxyl groups is 1. The van der Waals surface area contributed by atoms with E-state index >= 15 is 0 Å². The van der Waals surface area contributed by atoms with E-state index in [1.54, 1.807) is 6.20 Å². The van der Waals surface area contributed by atoms with Crippen LogP contribution in [0.25, 0.3) is 0 Å². The molecular weight excluding hydrogens is 218 g/mol. The summed E-state index contributed by atoms with van der Waals surface area (Å²) >= 11 is 0. The predicted molar refractivity (Wildman–Crippen MR) is 69.4 cm³/mol. The average Bonchev–Trinajstić information content (AvgIpc) is 2.35. The van der Waals surface area contributed by atoms with Crippen LogP contribution >= 0.6 is 0 Å². The second-order valence-corrected chi connectivity index (χ2v) is 3.58. The quantitative estimate of drug-likeness (QED) is 0.567. The van der Waals surface area contributed by atoms with Crippen molar-refractivity contribution in [2.75, 3.05) is 43.5 Å². The SMILES string of the molecule is CCNc1cc(NCCCOCCO)ccn1. The number of nitrogens with zero attached hydrogens (tertiary/aromatic N) is 1. The van der Waals surface area contributed by atoms with Gasteiger partial charge in [0.25, 0.3) is 0 Å². The summed E-state index contributed by atoms with van der Waals surface area (Å²) in [7, 11) is 0. The number of nitrogens with one attached hydrogen (secondary N) is 2. The van der Waals surface area contributed by atoms with Crippen LogP contribution < -0.4 is 10.6 Å². The molecule has 96 valence electrons. The minimum Gasteiger partial charge on any atom is -0.394 e. The number of pyridine rings is 1. The molecule has 1 heterocycles. The van der Waals surface area contributed by atoms with Crippen LogP contribution in [-0.2, 0) is 4.74 Å². The molecule has 0 aromatic carbocycles. The third-order valence-electron chi connectivity index (χ3n) is 2.15. The average molecular weight is 239 g/mol. The van der Waals surface area contributed by atoms with Crippen molar-refractivity contribution >= 4 is 11.5 Å². The number of anilines is 2. The molecule has 0 atom stereocenters. The molecule has 0 aliphatic carbocycles. The Labute approximate surface area is 102 Å². The molecule has 1 aromatic rings. The van der Waals surface area contributed by atoms with Crippen LogP contribution in [0.1, 0.15) is 13.3 Å². The summed E-state index contributed by atoms with van der Waals surface area (Å²) in [6, 6.07) is 3.92. The molecule has 0 saturated heterocycles. The molecule has 17 heavy (non-hydrogen) atoms. The highest BCUT2D eigenvalue weighted by molar-refractivity contribution is 5.51. The summed E-state index contributed by atoms with van der Waals surface area (Å²) in [5.41, 5.74) is 1.05. The zero-order valence-corrected chi connectivity index (χ0v) is 10.3. The van der Waals surface area contributed by atoms with E-state index in [9.17, 15) is 0 Å². The van der Waals surface area contributed by atoms with Gasteiger partial charge in [0.05, 0.1) is 13.2 Å². The molecule has 5 heteroatoms. The summed E-state index contributed by atoms with van der Waals surface area (Å²) in [6.45, 7) is 4.93. The van der Waals surface area contributed by atoms with Gasteiger partial charge in [0.1, 0.15) is 5.82 Å². The van der Waals surface area contributed by atoms with Crippen molar-refractivity contribution in [1.29, 1.82) is 0 Å². The second-order valence-electron chi connectivity index (χ2n) is 3.58. The van der Waals surface area contributed by atoms with Crippen molar-refractivity contribution in [2.45, 2.75) is 13.3 Å². The number of rotatable bonds is 9. The summed E-state index contributed by atoms with van der Waals surface area (Å²) in [4.78, 5) is 4.19. The maximum absolute atomic E-state index is 8.53. The number of hydrogen-bond acceptors (Lipinski definition) is 5. The first-order valence-electron chi connectivity index (χ1n) is 5.99. The molecule has 1 aromatic heterocycles. The van der Waals surface area contributed by atoms with E-state index in [0.717, 1.165) is 31.0 Å². The van der Waals surface area contributed by atoms with Crippen LogP contribution in [-0.4, -0.2) is 43.0 Å². The van der Waals surface area contributed by atoms with Crippen molar-refractivity contribution in [3.8, 4) is 0 Å². The number of aromatic nitrogens is 1. The van der Waals surface area contributed by atoms with E-state index in [1.807, 2.05) is 19.1 Å². The monoisotopic (exact) mass is 239 g/mol. The van der Waals surface area contributed by atoms with Gasteiger partial charge in [-0.25, -0.2) is 4.98 Å². The lowest BCUT2D eigenvalue weighted by molar-refractivity contribution is 0.0922. The maximum Gasteiger partial charge on any atom is 0.127 e. The number of hydrogen-bond donors (Lipinski definition) is 3. The Hall–Kier alpha value is -1.33. The fourth-order valence-corrected chi connectivity index (χ4v) is 1.39. The van der Waals surface area contributed by atoms with E-state index in [1.165, 1.54) is 0 Å². The smallest absolute Gasteiger partial charge is 0.127 e. The van der Waals surface area contributed by atoms with Gasteiger partial charge in [-0.3, -0.25) is 0 Å². The zero-order chi connectivity index (χ0) is 12.3. The molecule has 0 bridgehead atoms. The highest BCUT2D eigenvalue weighted by atomic mass is 16.5. The van der Waals surface area contributed by atoms with Crippen LogP contribution in [0.4, 0.5) is 11.5 Å². The zero-order valence-electron chi connectivity index (χ0n) is 10.3. The molecule has 3 N–H and O–H groups in total. The minimum atomic E-state index is 0.0871. The highest BCUT2D eigenvalue weighted by Crippen LogP contribution is 2.11. The summed E-state index contributed by atoms with van der Waals surface area (Å²) in [5, 5.41) is 15.0. The van der Waals surface area contributed by atoms with Gasteiger partial charge in [-0.1, -0.05) is 0 Å². The van der Waals surface area contributed by atoms with Crippen molar-refractivity contribution in [3.63, 3.8) is 0 Å². The highest BCUT2D eigenvalue weighted by Gasteiger charge is 1.95. The van der Waals surface area contributed by atoms with Crippen LogP contribution in [0.3, 0.4) is 0 Å². The summed E-state index contributed by atoms with van der Waals surface area (Å²) in [5.74, 6) is 0.883. The first-order chi connectivity index (χ1) is 8.36. The molecular formula is C12H21N3O2. The van der Waals surface area contributed by atoms with E-state index in [0.29, 0.717) is 13.2 Å². The molecule has 0 unspecified atom stereocenters. The van der Waals surface area contributed by atoms with Crippen molar-refractivity contribution in [3.05, 3.63) is 18.3 Å². The molecule has 0 fully saturated rings. The Morgan fingerprint density at radius 1 is 1.35 bits per heavy atom. The van der Waals surface area contributed by atoms with Crippen molar-refractivity contribution in [1.82, 2.24) is 4.98 Å². The number of ether oxygens (including phenoxy) is 1. The molecule has 5 nitrogen and oxygen atoms in total. The standard InChI is InChI=1S/C12H21N3O2/c1-2-13-12-10-11(4-6-15-12)14-5-3-8-17-9-7-16/h4,6,10,16H,2-3,5,7-9H2,1H3,(H2,13,14,15). The van der Waals surface area contributed by atoms with E-state index < -0.39 is 0 Å². The van der Waals surface area contributed by atoms with Gasteiger partial charge in [0.2, 0.25) is 0 Å². The Morgan fingerprint density at radius 2 is 2.24 bits per heavy atom. The lowest BCUT2D eigenvalue weighted by Gasteiger charge is -2.08. The first kappa shape index (κ1) is 13.7. The first-order valence-corrected chi connectivity index (χ1v) is 5.99. The van der Waals surface area contributed by atoms with Gasteiger partial charge in [-0.05, 0) is 19.4 Å².